The average molecular weight is 481 g/mol. The molecule has 2 aromatic carbocycles. The number of nitrogens with zero attached hydrogens (tertiary/aromatic N) is 1. The van der Waals surface area contributed by atoms with Crippen LogP contribution in [-0.4, -0.2) is 64.4 Å². The van der Waals surface area contributed by atoms with Gasteiger partial charge in [0.25, 0.3) is 0 Å². The molecule has 35 heavy (non-hydrogen) atoms. The zero-order valence-electron chi connectivity index (χ0n) is 20.1. The van der Waals surface area contributed by atoms with Gasteiger partial charge < -0.3 is 25.2 Å². The molecule has 2 aliphatic rings. The molecular formula is C27H32N2O6. The number of alkyl carbamates (subject to hydrolysis) is 1. The molecule has 4 rings (SSSR count). The second-order valence-corrected chi connectivity index (χ2v) is 9.62. The summed E-state index contributed by atoms with van der Waals surface area (Å²) in [6.07, 6.45) is 0.465. The molecule has 1 saturated heterocycles. The van der Waals surface area contributed by atoms with Crippen molar-refractivity contribution in [3.8, 4) is 11.1 Å². The molecule has 3 atom stereocenters. The van der Waals surface area contributed by atoms with E-state index >= 15 is 0 Å². The monoisotopic (exact) mass is 480 g/mol. The van der Waals surface area contributed by atoms with E-state index in [0.29, 0.717) is 6.42 Å². The Morgan fingerprint density at radius 2 is 1.71 bits per heavy atom. The zero-order valence-corrected chi connectivity index (χ0v) is 20.1. The summed E-state index contributed by atoms with van der Waals surface area (Å²) in [4.78, 5) is 38.7. The third kappa shape index (κ3) is 5.03. The number of β-amino-alcohol motifs (C(OH)–C–C–N with tert-alkyl or cyclic N) is 1. The van der Waals surface area contributed by atoms with Crippen molar-refractivity contribution < 1.29 is 29.3 Å². The minimum absolute atomic E-state index is 0.0466. The van der Waals surface area contributed by atoms with Crippen LogP contribution in [0.2, 0.25) is 0 Å². The van der Waals surface area contributed by atoms with Crippen molar-refractivity contribution in [2.75, 3.05) is 19.7 Å². The number of likely N-dealkylation sites (tertiary alicyclic amines) is 1. The molecule has 8 nitrogen and oxygen atoms in total. The Morgan fingerprint density at radius 3 is 2.26 bits per heavy atom. The number of amides is 2. The Kier molecular flexibility index (Phi) is 7.12. The number of benzene rings is 2. The van der Waals surface area contributed by atoms with Crippen LogP contribution in [0.1, 0.15) is 50.2 Å². The number of fused-ring (bicyclic) bond motifs is 3. The van der Waals surface area contributed by atoms with E-state index in [9.17, 15) is 24.6 Å². The van der Waals surface area contributed by atoms with Crippen molar-refractivity contribution in [3.05, 3.63) is 59.7 Å². The highest BCUT2D eigenvalue weighted by Gasteiger charge is 2.46. The van der Waals surface area contributed by atoms with Gasteiger partial charge in [-0.1, -0.05) is 68.8 Å². The Bertz CT molecular complexity index is 1070. The standard InChI is InChI=1S/C27H32N2O6/c1-3-17(2)14-23(24(30)29-13-12-27(34,16-29)25(31)32)28-26(33)35-15-22-20-10-6-4-8-18(20)19-9-5-7-11-21(19)22/h4-11,17,22-23,34H,3,12-16H2,1-2H3,(H,28,33)(H,31,32). The van der Waals surface area contributed by atoms with Gasteiger partial charge in [0, 0.05) is 18.9 Å². The molecule has 0 bridgehead atoms. The lowest BCUT2D eigenvalue weighted by Gasteiger charge is -2.27. The lowest BCUT2D eigenvalue weighted by atomic mass is 9.98. The van der Waals surface area contributed by atoms with Gasteiger partial charge >= 0.3 is 12.1 Å². The molecule has 3 unspecified atom stereocenters. The van der Waals surface area contributed by atoms with Gasteiger partial charge in [0.1, 0.15) is 12.6 Å². The molecule has 2 aromatic rings. The predicted octanol–water partition coefficient (Wildman–Crippen LogP) is 3.38. The minimum atomic E-state index is -1.96. The molecular weight excluding hydrogens is 448 g/mol. The molecule has 186 valence electrons. The van der Waals surface area contributed by atoms with E-state index in [0.717, 1.165) is 28.7 Å². The number of carboxylic acid groups (broad SMARTS) is 1. The smallest absolute Gasteiger partial charge is 0.407 e. The van der Waals surface area contributed by atoms with E-state index in [-0.39, 0.29) is 38.0 Å². The number of hydrogen-bond acceptors (Lipinski definition) is 5. The fourth-order valence-corrected chi connectivity index (χ4v) is 4.95. The fraction of sp³-hybridized carbons (Fsp3) is 0.444. The van der Waals surface area contributed by atoms with E-state index < -0.39 is 29.6 Å². The van der Waals surface area contributed by atoms with Crippen LogP contribution in [0.5, 0.6) is 0 Å². The number of aliphatic carboxylic acids is 1. The molecule has 3 N–H and O–H groups in total. The van der Waals surface area contributed by atoms with Crippen LogP contribution in [0.25, 0.3) is 11.1 Å². The van der Waals surface area contributed by atoms with Gasteiger partial charge in [-0.2, -0.15) is 0 Å². The summed E-state index contributed by atoms with van der Waals surface area (Å²) in [7, 11) is 0. The van der Waals surface area contributed by atoms with E-state index in [4.69, 9.17) is 4.74 Å². The number of carbonyl (C=O) groups is 3. The summed E-state index contributed by atoms with van der Waals surface area (Å²) in [6.45, 7) is 3.93. The van der Waals surface area contributed by atoms with Crippen molar-refractivity contribution in [2.45, 2.75) is 50.7 Å². The van der Waals surface area contributed by atoms with E-state index in [2.05, 4.69) is 17.4 Å². The lowest BCUT2D eigenvalue weighted by molar-refractivity contribution is -0.157. The number of ether oxygens (including phenoxy) is 1. The zero-order chi connectivity index (χ0) is 25.2. The second kappa shape index (κ2) is 10.1. The van der Waals surface area contributed by atoms with Gasteiger partial charge in [0.2, 0.25) is 5.91 Å². The number of carbonyl (C=O) groups excluding carboxylic acids is 2. The highest BCUT2D eigenvalue weighted by Crippen LogP contribution is 2.44. The summed E-state index contributed by atoms with van der Waals surface area (Å²) >= 11 is 0. The van der Waals surface area contributed by atoms with Crippen LogP contribution in [0, 0.1) is 5.92 Å². The Hall–Kier alpha value is -3.39. The first-order valence-corrected chi connectivity index (χ1v) is 12.1. The first-order valence-electron chi connectivity index (χ1n) is 12.1. The minimum Gasteiger partial charge on any atom is -0.479 e. The van der Waals surface area contributed by atoms with E-state index in [1.54, 1.807) is 0 Å². The van der Waals surface area contributed by atoms with Crippen molar-refractivity contribution in [2.24, 2.45) is 5.92 Å². The lowest BCUT2D eigenvalue weighted by Crippen LogP contribution is -2.50. The third-order valence-corrected chi connectivity index (χ3v) is 7.23. The van der Waals surface area contributed by atoms with Gasteiger partial charge in [0.05, 0.1) is 6.54 Å². The molecule has 1 fully saturated rings. The second-order valence-electron chi connectivity index (χ2n) is 9.62. The third-order valence-electron chi connectivity index (χ3n) is 7.23. The molecule has 1 aliphatic heterocycles. The number of rotatable bonds is 8. The van der Waals surface area contributed by atoms with Crippen molar-refractivity contribution in [1.82, 2.24) is 10.2 Å². The van der Waals surface area contributed by atoms with Crippen molar-refractivity contribution in [3.63, 3.8) is 0 Å². The first kappa shape index (κ1) is 24.7. The summed E-state index contributed by atoms with van der Waals surface area (Å²) in [5.74, 6) is -1.70. The van der Waals surface area contributed by atoms with Gasteiger partial charge in [-0.15, -0.1) is 0 Å². The number of nitrogens with one attached hydrogen (secondary N) is 1. The van der Waals surface area contributed by atoms with Gasteiger partial charge in [-0.3, -0.25) is 4.79 Å². The first-order chi connectivity index (χ1) is 16.7. The summed E-state index contributed by atoms with van der Waals surface area (Å²) in [6, 6.07) is 15.2. The van der Waals surface area contributed by atoms with Crippen LogP contribution in [0.15, 0.2) is 48.5 Å². The highest BCUT2D eigenvalue weighted by molar-refractivity contribution is 5.88. The van der Waals surface area contributed by atoms with Crippen LogP contribution >= 0.6 is 0 Å². The average Bonchev–Trinajstić information content (AvgIpc) is 3.41. The topological polar surface area (TPSA) is 116 Å². The van der Waals surface area contributed by atoms with Crippen LogP contribution in [-0.2, 0) is 14.3 Å². The van der Waals surface area contributed by atoms with Gasteiger partial charge in [-0.05, 0) is 34.6 Å². The maximum atomic E-state index is 13.2. The molecule has 0 aromatic heterocycles. The fourth-order valence-electron chi connectivity index (χ4n) is 4.95. The molecule has 1 aliphatic carbocycles. The normalized spacial score (nSPS) is 20.6. The molecule has 2 amide bonds. The summed E-state index contributed by atoms with van der Waals surface area (Å²) in [5, 5.41) is 22.2. The predicted molar refractivity (Wildman–Crippen MR) is 130 cm³/mol. The van der Waals surface area contributed by atoms with Gasteiger partial charge in [0.15, 0.2) is 5.60 Å². The summed E-state index contributed by atoms with van der Waals surface area (Å²) < 4.78 is 5.61. The maximum absolute atomic E-state index is 13.2. The Labute approximate surface area is 204 Å². The van der Waals surface area contributed by atoms with Gasteiger partial charge in [-0.25, -0.2) is 9.59 Å². The Morgan fingerprint density at radius 1 is 1.11 bits per heavy atom. The van der Waals surface area contributed by atoms with Crippen LogP contribution < -0.4 is 5.32 Å². The SMILES string of the molecule is CCC(C)CC(NC(=O)OCC1c2ccccc2-c2ccccc21)C(=O)N1CCC(O)(C(=O)O)C1. The molecule has 8 heteroatoms. The highest BCUT2D eigenvalue weighted by atomic mass is 16.5. The number of hydrogen-bond donors (Lipinski definition) is 3. The number of carboxylic acids is 1. The Balaban J connectivity index is 1.43. The quantitative estimate of drug-likeness (QED) is 0.533. The molecule has 0 spiro atoms. The van der Waals surface area contributed by atoms with Crippen LogP contribution in [0.4, 0.5) is 4.79 Å². The van der Waals surface area contributed by atoms with Crippen molar-refractivity contribution >= 4 is 18.0 Å². The van der Waals surface area contributed by atoms with E-state index in [1.807, 2.05) is 50.2 Å². The largest absolute Gasteiger partial charge is 0.479 e. The molecule has 0 radical (unpaired) electrons. The molecule has 0 saturated carbocycles. The summed E-state index contributed by atoms with van der Waals surface area (Å²) in [5.41, 5.74) is 2.49. The molecule has 1 heterocycles. The number of aliphatic hydroxyl groups is 1. The maximum Gasteiger partial charge on any atom is 0.407 e. The van der Waals surface area contributed by atoms with Crippen molar-refractivity contribution in [1.29, 1.82) is 0 Å². The van der Waals surface area contributed by atoms with Crippen LogP contribution in [0.3, 0.4) is 0 Å². The van der Waals surface area contributed by atoms with E-state index in [1.165, 1.54) is 4.90 Å².